The highest BCUT2D eigenvalue weighted by atomic mass is 16.2. The van der Waals surface area contributed by atoms with Crippen molar-refractivity contribution >= 4 is 17.8 Å². The van der Waals surface area contributed by atoms with E-state index in [1.807, 2.05) is 13.0 Å². The summed E-state index contributed by atoms with van der Waals surface area (Å²) >= 11 is 0. The molecule has 88 valence electrons. The highest BCUT2D eigenvalue weighted by Crippen LogP contribution is 2.32. The Morgan fingerprint density at radius 2 is 2.00 bits per heavy atom. The van der Waals surface area contributed by atoms with Crippen LogP contribution in [0, 0.1) is 5.41 Å². The molecule has 1 heterocycles. The van der Waals surface area contributed by atoms with Crippen LogP contribution in [0.15, 0.2) is 11.6 Å². The van der Waals surface area contributed by atoms with Gasteiger partial charge in [0, 0.05) is 7.05 Å². The van der Waals surface area contributed by atoms with E-state index < -0.39 is 23.3 Å². The summed E-state index contributed by atoms with van der Waals surface area (Å²) in [6, 6.07) is -0.670. The molecule has 4 amide bonds. The Morgan fingerprint density at radius 3 is 2.50 bits per heavy atom. The number of hydrogen-bond acceptors (Lipinski definition) is 3. The lowest BCUT2D eigenvalue weighted by Gasteiger charge is -2.35. The van der Waals surface area contributed by atoms with Gasteiger partial charge >= 0.3 is 6.03 Å². The van der Waals surface area contributed by atoms with Crippen LogP contribution in [-0.2, 0) is 9.59 Å². The average Bonchev–Trinajstić information content (AvgIpc) is 2.24. The van der Waals surface area contributed by atoms with Crippen molar-refractivity contribution in [2.45, 2.75) is 27.2 Å². The summed E-state index contributed by atoms with van der Waals surface area (Å²) in [7, 11) is 1.36. The molecule has 0 spiro atoms. The number of carbonyl (C=O) groups is 3. The molecular formula is C11H16N2O3. The number of amides is 4. The Hall–Kier alpha value is -1.65. The van der Waals surface area contributed by atoms with Crippen molar-refractivity contribution in [3.05, 3.63) is 11.6 Å². The molecule has 16 heavy (non-hydrogen) atoms. The Labute approximate surface area is 94.5 Å². The molecule has 0 aromatic heterocycles. The molecule has 0 aliphatic carbocycles. The fourth-order valence-electron chi connectivity index (χ4n) is 1.69. The normalized spacial score (nSPS) is 27.1. The molecule has 1 fully saturated rings. The minimum absolute atomic E-state index is 0.483. The van der Waals surface area contributed by atoms with Crippen LogP contribution in [0.1, 0.15) is 27.2 Å². The van der Waals surface area contributed by atoms with Crippen molar-refractivity contribution in [3.8, 4) is 0 Å². The summed E-state index contributed by atoms with van der Waals surface area (Å²) < 4.78 is 0. The first kappa shape index (κ1) is 12.4. The van der Waals surface area contributed by atoms with Gasteiger partial charge in [0.2, 0.25) is 11.8 Å². The van der Waals surface area contributed by atoms with Crippen LogP contribution in [0.5, 0.6) is 0 Å². The molecule has 0 radical (unpaired) electrons. The molecule has 0 bridgehead atoms. The lowest BCUT2D eigenvalue weighted by molar-refractivity contribution is -0.146. The predicted molar refractivity (Wildman–Crippen MR) is 58.5 cm³/mol. The second kappa shape index (κ2) is 4.08. The molecule has 0 saturated carbocycles. The quantitative estimate of drug-likeness (QED) is 0.563. The monoisotopic (exact) mass is 224 g/mol. The van der Waals surface area contributed by atoms with Crippen molar-refractivity contribution in [1.29, 1.82) is 0 Å². The van der Waals surface area contributed by atoms with Gasteiger partial charge in [0.05, 0.1) is 0 Å². The zero-order valence-corrected chi connectivity index (χ0v) is 9.96. The number of urea groups is 1. The summed E-state index contributed by atoms with van der Waals surface area (Å²) in [4.78, 5) is 35.9. The van der Waals surface area contributed by atoms with Gasteiger partial charge in [0.25, 0.3) is 0 Å². The topological polar surface area (TPSA) is 66.5 Å². The lowest BCUT2D eigenvalue weighted by Crippen LogP contribution is -2.62. The maximum absolute atomic E-state index is 12.0. The first-order valence-electron chi connectivity index (χ1n) is 5.16. The number of allylic oxidation sites excluding steroid dienone is 1. The molecule has 0 aromatic rings. The van der Waals surface area contributed by atoms with E-state index in [1.165, 1.54) is 14.0 Å². The van der Waals surface area contributed by atoms with E-state index in [4.69, 9.17) is 0 Å². The van der Waals surface area contributed by atoms with Crippen LogP contribution in [0.3, 0.4) is 0 Å². The van der Waals surface area contributed by atoms with E-state index in [-0.39, 0.29) is 0 Å². The molecular weight excluding hydrogens is 208 g/mol. The van der Waals surface area contributed by atoms with E-state index in [1.54, 1.807) is 6.92 Å². The Balaban J connectivity index is 3.20. The standard InChI is InChI=1S/C11H16N2O3/c1-5-6-7(2)11(3)8(14)12-10(16)13(4)9(11)15/h6H,5H2,1-4H3,(H,12,14,16)/b7-6+. The minimum atomic E-state index is -1.27. The van der Waals surface area contributed by atoms with Gasteiger partial charge in [0.1, 0.15) is 5.41 Å². The smallest absolute Gasteiger partial charge is 0.276 e. The zero-order valence-electron chi connectivity index (χ0n) is 9.96. The molecule has 1 rings (SSSR count). The van der Waals surface area contributed by atoms with Crippen LogP contribution < -0.4 is 5.32 Å². The van der Waals surface area contributed by atoms with Crippen LogP contribution in [0.25, 0.3) is 0 Å². The van der Waals surface area contributed by atoms with Gasteiger partial charge in [0.15, 0.2) is 0 Å². The first-order valence-corrected chi connectivity index (χ1v) is 5.16. The number of nitrogens with zero attached hydrogens (tertiary/aromatic N) is 1. The molecule has 1 N–H and O–H groups in total. The SMILES string of the molecule is CC/C=C(\C)C1(C)C(=O)NC(=O)N(C)C1=O. The molecule has 1 atom stereocenters. The van der Waals surface area contributed by atoms with E-state index >= 15 is 0 Å². The summed E-state index contributed by atoms with van der Waals surface area (Å²) in [6.07, 6.45) is 2.56. The maximum atomic E-state index is 12.0. The van der Waals surface area contributed by atoms with Crippen molar-refractivity contribution < 1.29 is 14.4 Å². The summed E-state index contributed by atoms with van der Waals surface area (Å²) in [5, 5.41) is 2.18. The van der Waals surface area contributed by atoms with Gasteiger partial charge in [-0.05, 0) is 20.3 Å². The molecule has 1 unspecified atom stereocenters. The van der Waals surface area contributed by atoms with Gasteiger partial charge in [-0.2, -0.15) is 0 Å². The summed E-state index contributed by atoms with van der Waals surface area (Å²) in [6.45, 7) is 5.19. The Bertz CT molecular complexity index is 387. The van der Waals surface area contributed by atoms with E-state index in [0.717, 1.165) is 11.3 Å². The largest absolute Gasteiger partial charge is 0.330 e. The number of barbiturate groups is 1. The van der Waals surface area contributed by atoms with Crippen molar-refractivity contribution in [3.63, 3.8) is 0 Å². The van der Waals surface area contributed by atoms with Crippen LogP contribution in [0.2, 0.25) is 0 Å². The molecule has 1 saturated heterocycles. The van der Waals surface area contributed by atoms with Crippen molar-refractivity contribution in [1.82, 2.24) is 10.2 Å². The van der Waals surface area contributed by atoms with E-state index in [2.05, 4.69) is 5.32 Å². The third-order valence-corrected chi connectivity index (χ3v) is 3.01. The number of rotatable bonds is 2. The van der Waals surface area contributed by atoms with Gasteiger partial charge in [-0.1, -0.05) is 18.6 Å². The van der Waals surface area contributed by atoms with E-state index in [0.29, 0.717) is 5.57 Å². The fourth-order valence-corrected chi connectivity index (χ4v) is 1.69. The predicted octanol–water partition coefficient (Wildman–Crippen LogP) is 1.06. The summed E-state index contributed by atoms with van der Waals surface area (Å²) in [5.74, 6) is -1.04. The number of hydrogen-bond donors (Lipinski definition) is 1. The van der Waals surface area contributed by atoms with Gasteiger partial charge in [-0.15, -0.1) is 0 Å². The van der Waals surface area contributed by atoms with Crippen molar-refractivity contribution in [2.24, 2.45) is 5.41 Å². The second-order valence-electron chi connectivity index (χ2n) is 4.04. The number of nitrogens with one attached hydrogen (secondary N) is 1. The maximum Gasteiger partial charge on any atom is 0.330 e. The molecule has 1 aliphatic rings. The lowest BCUT2D eigenvalue weighted by atomic mass is 9.79. The molecule has 5 heteroatoms. The van der Waals surface area contributed by atoms with Gasteiger partial charge in [-0.25, -0.2) is 4.79 Å². The molecule has 0 aromatic carbocycles. The molecule has 5 nitrogen and oxygen atoms in total. The van der Waals surface area contributed by atoms with Crippen LogP contribution >= 0.6 is 0 Å². The minimum Gasteiger partial charge on any atom is -0.276 e. The highest BCUT2D eigenvalue weighted by molar-refractivity contribution is 6.20. The first-order chi connectivity index (χ1) is 7.35. The molecule has 1 aliphatic heterocycles. The van der Waals surface area contributed by atoms with Crippen LogP contribution in [-0.4, -0.2) is 29.8 Å². The second-order valence-corrected chi connectivity index (χ2v) is 4.04. The third-order valence-electron chi connectivity index (χ3n) is 3.01. The van der Waals surface area contributed by atoms with Crippen molar-refractivity contribution in [2.75, 3.05) is 7.05 Å². The fraction of sp³-hybridized carbons (Fsp3) is 0.545. The Kier molecular flexibility index (Phi) is 3.16. The average molecular weight is 224 g/mol. The Morgan fingerprint density at radius 1 is 1.44 bits per heavy atom. The van der Waals surface area contributed by atoms with E-state index in [9.17, 15) is 14.4 Å². The summed E-state index contributed by atoms with van der Waals surface area (Å²) in [5.41, 5.74) is -0.601. The van der Waals surface area contributed by atoms with Gasteiger partial charge < -0.3 is 0 Å². The third kappa shape index (κ3) is 1.62. The highest BCUT2D eigenvalue weighted by Gasteiger charge is 2.50. The number of carbonyl (C=O) groups excluding carboxylic acids is 3. The number of imide groups is 2. The van der Waals surface area contributed by atoms with Crippen LogP contribution in [0.4, 0.5) is 4.79 Å². The van der Waals surface area contributed by atoms with Gasteiger partial charge in [-0.3, -0.25) is 19.8 Å². The zero-order chi connectivity index (χ0) is 12.5.